The molecule has 2 rings (SSSR count). The zero-order valence-corrected chi connectivity index (χ0v) is 7.36. The lowest BCUT2D eigenvalue weighted by Crippen LogP contribution is -2.34. The van der Waals surface area contributed by atoms with Crippen LogP contribution in [0, 0.1) is 11.8 Å². The number of hydrogen-bond acceptors (Lipinski definition) is 3. The van der Waals surface area contributed by atoms with Gasteiger partial charge in [-0.05, 0) is 18.8 Å². The Hall–Kier alpha value is -1.06. The molecule has 2 fully saturated rings. The molecule has 0 unspecified atom stereocenters. The van der Waals surface area contributed by atoms with Gasteiger partial charge in [0.2, 0.25) is 5.91 Å². The first-order chi connectivity index (χ1) is 6.16. The summed E-state index contributed by atoms with van der Waals surface area (Å²) >= 11 is 0. The Morgan fingerprint density at radius 1 is 1.54 bits per heavy atom. The van der Waals surface area contributed by atoms with Crippen molar-refractivity contribution in [3.05, 3.63) is 0 Å². The van der Waals surface area contributed by atoms with Crippen LogP contribution in [0.3, 0.4) is 0 Å². The number of carboxylic acid groups (broad SMARTS) is 1. The number of carboxylic acids is 1. The maximum Gasteiger partial charge on any atom is 0.223 e. The van der Waals surface area contributed by atoms with Crippen LogP contribution in [0.1, 0.15) is 19.3 Å². The zero-order chi connectivity index (χ0) is 9.42. The minimum Gasteiger partial charge on any atom is -0.550 e. The molecule has 4 heteroatoms. The fraction of sp³-hybridized carbons (Fsp3) is 0.778. The first kappa shape index (κ1) is 8.53. The summed E-state index contributed by atoms with van der Waals surface area (Å²) in [7, 11) is 0. The van der Waals surface area contributed by atoms with Gasteiger partial charge in [-0.2, -0.15) is 0 Å². The van der Waals surface area contributed by atoms with Gasteiger partial charge in [0.15, 0.2) is 0 Å². The van der Waals surface area contributed by atoms with E-state index in [0.717, 1.165) is 6.54 Å². The first-order valence-electron chi connectivity index (χ1n) is 4.65. The van der Waals surface area contributed by atoms with Crippen molar-refractivity contribution >= 4 is 11.9 Å². The highest BCUT2D eigenvalue weighted by Crippen LogP contribution is 2.31. The van der Waals surface area contributed by atoms with Crippen LogP contribution in [0.4, 0.5) is 0 Å². The Morgan fingerprint density at radius 3 is 2.69 bits per heavy atom. The summed E-state index contributed by atoms with van der Waals surface area (Å²) in [6, 6.07) is 0. The van der Waals surface area contributed by atoms with Crippen molar-refractivity contribution < 1.29 is 14.7 Å². The lowest BCUT2D eigenvalue weighted by atomic mass is 10.1. The van der Waals surface area contributed by atoms with Gasteiger partial charge in [0.25, 0.3) is 0 Å². The molecule has 1 atom stereocenters. The summed E-state index contributed by atoms with van der Waals surface area (Å²) < 4.78 is 0. The molecule has 0 aromatic carbocycles. The van der Waals surface area contributed by atoms with E-state index >= 15 is 0 Å². The Morgan fingerprint density at radius 2 is 2.23 bits per heavy atom. The molecule has 0 spiro atoms. The second-order valence-corrected chi connectivity index (χ2v) is 3.96. The number of aliphatic carboxylic acids is 1. The monoisotopic (exact) mass is 182 g/mol. The van der Waals surface area contributed by atoms with Crippen LogP contribution < -0.4 is 5.11 Å². The summed E-state index contributed by atoms with van der Waals surface area (Å²) in [6.07, 6.45) is 2.49. The Kier molecular flexibility index (Phi) is 1.98. The Bertz CT molecular complexity index is 247. The highest BCUT2D eigenvalue weighted by Gasteiger charge is 2.34. The fourth-order valence-electron chi connectivity index (χ4n) is 1.72. The number of hydrogen-bond donors (Lipinski definition) is 0. The summed E-state index contributed by atoms with van der Waals surface area (Å²) in [5.41, 5.74) is 0. The summed E-state index contributed by atoms with van der Waals surface area (Å²) in [4.78, 5) is 23.5. The third-order valence-corrected chi connectivity index (χ3v) is 2.72. The highest BCUT2D eigenvalue weighted by atomic mass is 16.4. The van der Waals surface area contributed by atoms with E-state index in [2.05, 4.69) is 0 Å². The van der Waals surface area contributed by atoms with E-state index in [0.29, 0.717) is 12.5 Å². The number of rotatable bonds is 3. The minimum absolute atomic E-state index is 0.0268. The van der Waals surface area contributed by atoms with Crippen molar-refractivity contribution in [2.45, 2.75) is 19.3 Å². The van der Waals surface area contributed by atoms with Gasteiger partial charge in [-0.1, -0.05) is 0 Å². The van der Waals surface area contributed by atoms with Gasteiger partial charge in [0.1, 0.15) is 0 Å². The Labute approximate surface area is 76.5 Å². The summed E-state index contributed by atoms with van der Waals surface area (Å²) in [6.45, 7) is 1.11. The van der Waals surface area contributed by atoms with E-state index in [-0.39, 0.29) is 12.3 Å². The van der Waals surface area contributed by atoms with E-state index in [9.17, 15) is 14.7 Å². The van der Waals surface area contributed by atoms with Gasteiger partial charge in [-0.15, -0.1) is 0 Å². The second-order valence-electron chi connectivity index (χ2n) is 3.96. The third-order valence-electron chi connectivity index (χ3n) is 2.72. The van der Waals surface area contributed by atoms with Gasteiger partial charge >= 0.3 is 0 Å². The predicted octanol–water partition coefficient (Wildman–Crippen LogP) is -1.01. The van der Waals surface area contributed by atoms with Crippen LogP contribution in [0.25, 0.3) is 0 Å². The van der Waals surface area contributed by atoms with Crippen LogP contribution in [-0.2, 0) is 9.59 Å². The molecule has 4 nitrogen and oxygen atoms in total. The molecule has 1 heterocycles. The van der Waals surface area contributed by atoms with Crippen molar-refractivity contribution in [1.29, 1.82) is 0 Å². The first-order valence-corrected chi connectivity index (χ1v) is 4.65. The number of nitrogens with zero attached hydrogens (tertiary/aromatic N) is 1. The SMILES string of the molecule is O=C([O-])[C@@H]1CC(=O)N(CC2CC2)C1. The van der Waals surface area contributed by atoms with Crippen molar-refractivity contribution in [1.82, 2.24) is 4.90 Å². The highest BCUT2D eigenvalue weighted by molar-refractivity contribution is 5.85. The van der Waals surface area contributed by atoms with Gasteiger partial charge in [0, 0.05) is 31.4 Å². The quantitative estimate of drug-likeness (QED) is 0.562. The maximum absolute atomic E-state index is 11.3. The zero-order valence-electron chi connectivity index (χ0n) is 7.36. The molecule has 0 radical (unpaired) electrons. The average molecular weight is 182 g/mol. The minimum atomic E-state index is -1.09. The molecule has 2 aliphatic rings. The molecule has 1 aliphatic heterocycles. The molecule has 72 valence electrons. The topological polar surface area (TPSA) is 60.4 Å². The van der Waals surface area contributed by atoms with Gasteiger partial charge in [0.05, 0.1) is 0 Å². The lowest BCUT2D eigenvalue weighted by molar-refractivity contribution is -0.311. The van der Waals surface area contributed by atoms with E-state index in [1.54, 1.807) is 4.90 Å². The second kappa shape index (κ2) is 3.01. The van der Waals surface area contributed by atoms with E-state index in [1.807, 2.05) is 0 Å². The van der Waals surface area contributed by atoms with Gasteiger partial charge < -0.3 is 14.8 Å². The van der Waals surface area contributed by atoms with Crippen LogP contribution in [0.5, 0.6) is 0 Å². The van der Waals surface area contributed by atoms with E-state index in [4.69, 9.17) is 0 Å². The molecule has 1 saturated carbocycles. The molecular formula is C9H12NO3-. The molecule has 13 heavy (non-hydrogen) atoms. The number of carbonyl (C=O) groups excluding carboxylic acids is 2. The average Bonchev–Trinajstić information content (AvgIpc) is 2.78. The molecule has 1 aliphatic carbocycles. The molecule has 0 aromatic rings. The van der Waals surface area contributed by atoms with Crippen molar-refractivity contribution in [2.24, 2.45) is 11.8 Å². The summed E-state index contributed by atoms with van der Waals surface area (Å²) in [5, 5.41) is 10.5. The molecule has 1 amide bonds. The van der Waals surface area contributed by atoms with E-state index < -0.39 is 11.9 Å². The van der Waals surface area contributed by atoms with Crippen molar-refractivity contribution in [3.63, 3.8) is 0 Å². The van der Waals surface area contributed by atoms with E-state index in [1.165, 1.54) is 12.8 Å². The van der Waals surface area contributed by atoms with Crippen LogP contribution in [-0.4, -0.2) is 29.9 Å². The van der Waals surface area contributed by atoms with Crippen LogP contribution in [0.2, 0.25) is 0 Å². The van der Waals surface area contributed by atoms with Crippen molar-refractivity contribution in [2.75, 3.05) is 13.1 Å². The molecule has 1 saturated heterocycles. The summed E-state index contributed by atoms with van der Waals surface area (Å²) in [5.74, 6) is -1.07. The molecule has 0 bridgehead atoms. The molecular weight excluding hydrogens is 170 g/mol. The maximum atomic E-state index is 11.3. The number of carbonyl (C=O) groups is 2. The lowest BCUT2D eigenvalue weighted by Gasteiger charge is -2.16. The van der Waals surface area contributed by atoms with Gasteiger partial charge in [-0.25, -0.2) is 0 Å². The standard InChI is InChI=1S/C9H13NO3/c11-8-3-7(9(12)13)5-10(8)4-6-1-2-6/h6-7H,1-5H2,(H,12,13)/p-1/t7-/m1/s1. The number of amides is 1. The largest absolute Gasteiger partial charge is 0.550 e. The van der Waals surface area contributed by atoms with Crippen molar-refractivity contribution in [3.8, 4) is 0 Å². The third kappa shape index (κ3) is 1.82. The van der Waals surface area contributed by atoms with Crippen LogP contribution in [0.15, 0.2) is 0 Å². The smallest absolute Gasteiger partial charge is 0.223 e. The predicted molar refractivity (Wildman–Crippen MR) is 42.4 cm³/mol. The van der Waals surface area contributed by atoms with Crippen LogP contribution >= 0.6 is 0 Å². The molecule has 0 aromatic heterocycles. The Balaban J connectivity index is 1.90. The fourth-order valence-corrected chi connectivity index (χ4v) is 1.72. The molecule has 0 N–H and O–H groups in total. The normalized spacial score (nSPS) is 28.2. The van der Waals surface area contributed by atoms with Gasteiger partial charge in [-0.3, -0.25) is 4.79 Å². The number of likely N-dealkylation sites (tertiary alicyclic amines) is 1.